The molecule has 3 fully saturated rings. The first-order valence-corrected chi connectivity index (χ1v) is 10.0. The number of nitrogens with one attached hydrogen (secondary N) is 2. The van der Waals surface area contributed by atoms with Gasteiger partial charge in [-0.3, -0.25) is 9.59 Å². The Bertz CT molecular complexity index is 717. The van der Waals surface area contributed by atoms with Crippen molar-refractivity contribution < 1.29 is 9.59 Å². The van der Waals surface area contributed by atoms with E-state index in [1.165, 1.54) is 0 Å². The van der Waals surface area contributed by atoms with E-state index in [2.05, 4.69) is 10.6 Å². The molecule has 2 amide bonds. The molecule has 27 heavy (non-hydrogen) atoms. The molecule has 1 aliphatic carbocycles. The molecule has 0 radical (unpaired) electrons. The topological polar surface area (TPSA) is 61.4 Å². The van der Waals surface area contributed by atoms with Crippen LogP contribution in [0.15, 0.2) is 18.2 Å². The number of amides is 2. The SMILES string of the molecule is Cl.O=C(Nc1cc(Cl)cc(Cl)c1)C1CCCN1C(=O)C1CC12CCNCC2. The van der Waals surface area contributed by atoms with Gasteiger partial charge in [-0.25, -0.2) is 0 Å². The van der Waals surface area contributed by atoms with Crippen molar-refractivity contribution in [2.75, 3.05) is 25.0 Å². The summed E-state index contributed by atoms with van der Waals surface area (Å²) in [5.74, 6) is 0.0986. The Morgan fingerprint density at radius 3 is 2.48 bits per heavy atom. The van der Waals surface area contributed by atoms with Crippen molar-refractivity contribution >= 4 is 53.1 Å². The van der Waals surface area contributed by atoms with Crippen LogP contribution in [0.4, 0.5) is 5.69 Å². The van der Waals surface area contributed by atoms with Crippen molar-refractivity contribution in [2.45, 2.75) is 38.1 Å². The van der Waals surface area contributed by atoms with Crippen molar-refractivity contribution in [3.8, 4) is 0 Å². The van der Waals surface area contributed by atoms with E-state index in [1.54, 1.807) is 23.1 Å². The van der Waals surface area contributed by atoms with Crippen LogP contribution < -0.4 is 10.6 Å². The highest BCUT2D eigenvalue weighted by Gasteiger charge is 2.59. The predicted molar refractivity (Wildman–Crippen MR) is 110 cm³/mol. The van der Waals surface area contributed by atoms with E-state index in [1.807, 2.05) is 0 Å². The molecule has 2 aliphatic heterocycles. The summed E-state index contributed by atoms with van der Waals surface area (Å²) in [4.78, 5) is 27.6. The Morgan fingerprint density at radius 1 is 1.15 bits per heavy atom. The van der Waals surface area contributed by atoms with E-state index >= 15 is 0 Å². The van der Waals surface area contributed by atoms with Crippen LogP contribution in [-0.2, 0) is 9.59 Å². The molecule has 2 saturated heterocycles. The standard InChI is InChI=1S/C19H23Cl2N3O2.ClH/c20-12-8-13(21)10-14(9-12)23-17(25)16-2-1-7-24(16)18(26)15-11-19(15)3-5-22-6-4-19;/h8-10,15-16,22H,1-7,11H2,(H,23,25);1H. The van der Waals surface area contributed by atoms with Gasteiger partial charge in [-0.15, -0.1) is 12.4 Å². The van der Waals surface area contributed by atoms with Crippen molar-refractivity contribution in [3.63, 3.8) is 0 Å². The van der Waals surface area contributed by atoms with Crippen molar-refractivity contribution in [1.82, 2.24) is 10.2 Å². The number of piperidine rings is 1. The van der Waals surface area contributed by atoms with Crippen LogP contribution in [0.1, 0.15) is 32.1 Å². The number of likely N-dealkylation sites (tertiary alicyclic amines) is 1. The molecule has 8 heteroatoms. The summed E-state index contributed by atoms with van der Waals surface area (Å²) in [6.07, 6.45) is 4.67. The monoisotopic (exact) mass is 431 g/mol. The lowest BCUT2D eigenvalue weighted by atomic mass is 9.91. The lowest BCUT2D eigenvalue weighted by molar-refractivity contribution is -0.138. The Hall–Kier alpha value is -1.01. The minimum absolute atomic E-state index is 0. The molecule has 1 spiro atoms. The van der Waals surface area contributed by atoms with Gasteiger partial charge in [-0.1, -0.05) is 23.2 Å². The first kappa shape index (κ1) is 20.7. The summed E-state index contributed by atoms with van der Waals surface area (Å²) in [7, 11) is 0. The number of halogens is 3. The normalized spacial score (nSPS) is 25.8. The van der Waals surface area contributed by atoms with Crippen LogP contribution in [-0.4, -0.2) is 42.4 Å². The third-order valence-corrected chi connectivity index (χ3v) is 6.49. The number of nitrogens with zero attached hydrogens (tertiary/aromatic N) is 1. The smallest absolute Gasteiger partial charge is 0.247 e. The average molecular weight is 433 g/mol. The first-order chi connectivity index (χ1) is 12.5. The molecule has 2 heterocycles. The van der Waals surface area contributed by atoms with Crippen LogP contribution in [0, 0.1) is 11.3 Å². The van der Waals surface area contributed by atoms with Crippen LogP contribution in [0.2, 0.25) is 10.0 Å². The van der Waals surface area contributed by atoms with Crippen LogP contribution in [0.5, 0.6) is 0 Å². The maximum Gasteiger partial charge on any atom is 0.247 e. The number of anilines is 1. The molecule has 1 saturated carbocycles. The van der Waals surface area contributed by atoms with Gasteiger partial charge in [0.25, 0.3) is 0 Å². The molecule has 2 atom stereocenters. The van der Waals surface area contributed by atoms with E-state index in [0.717, 1.165) is 38.8 Å². The summed E-state index contributed by atoms with van der Waals surface area (Å²) in [6.45, 7) is 2.64. The lowest BCUT2D eigenvalue weighted by Crippen LogP contribution is -2.45. The minimum Gasteiger partial charge on any atom is -0.330 e. The molecule has 4 rings (SSSR count). The van der Waals surface area contributed by atoms with E-state index in [4.69, 9.17) is 23.2 Å². The zero-order chi connectivity index (χ0) is 18.3. The molecule has 148 valence electrons. The second kappa shape index (κ2) is 8.16. The van der Waals surface area contributed by atoms with Crippen molar-refractivity contribution in [2.24, 2.45) is 11.3 Å². The predicted octanol–water partition coefficient (Wildman–Crippen LogP) is 3.73. The third-order valence-electron chi connectivity index (χ3n) is 6.06. The quantitative estimate of drug-likeness (QED) is 0.765. The summed E-state index contributed by atoms with van der Waals surface area (Å²) < 4.78 is 0. The molecule has 1 aromatic carbocycles. The van der Waals surface area contributed by atoms with E-state index < -0.39 is 6.04 Å². The zero-order valence-electron chi connectivity index (χ0n) is 15.0. The largest absolute Gasteiger partial charge is 0.330 e. The number of hydrogen-bond donors (Lipinski definition) is 2. The van der Waals surface area contributed by atoms with Gasteiger partial charge in [-0.2, -0.15) is 0 Å². The van der Waals surface area contributed by atoms with Crippen LogP contribution in [0.25, 0.3) is 0 Å². The number of hydrogen-bond acceptors (Lipinski definition) is 3. The van der Waals surface area contributed by atoms with Crippen LogP contribution in [0.3, 0.4) is 0 Å². The van der Waals surface area contributed by atoms with Gasteiger partial charge in [0.2, 0.25) is 11.8 Å². The molecule has 0 bridgehead atoms. The Balaban J connectivity index is 0.00000210. The fraction of sp³-hybridized carbons (Fsp3) is 0.579. The minimum atomic E-state index is -0.403. The van der Waals surface area contributed by atoms with Crippen LogP contribution >= 0.6 is 35.6 Å². The second-order valence-electron chi connectivity index (χ2n) is 7.71. The van der Waals surface area contributed by atoms with E-state index in [9.17, 15) is 9.59 Å². The molecule has 3 aliphatic rings. The highest BCUT2D eigenvalue weighted by Crippen LogP contribution is 2.59. The Morgan fingerprint density at radius 2 is 1.81 bits per heavy atom. The van der Waals surface area contributed by atoms with E-state index in [-0.39, 0.29) is 35.6 Å². The third kappa shape index (κ3) is 4.21. The van der Waals surface area contributed by atoms with Gasteiger partial charge in [0.05, 0.1) is 0 Å². The van der Waals surface area contributed by atoms with E-state index in [0.29, 0.717) is 28.7 Å². The van der Waals surface area contributed by atoms with Gasteiger partial charge in [0.1, 0.15) is 6.04 Å². The molecule has 5 nitrogen and oxygen atoms in total. The number of carbonyl (C=O) groups excluding carboxylic acids is 2. The maximum absolute atomic E-state index is 13.0. The zero-order valence-corrected chi connectivity index (χ0v) is 17.3. The number of carbonyl (C=O) groups is 2. The lowest BCUT2D eigenvalue weighted by Gasteiger charge is -2.27. The molecular formula is C19H24Cl3N3O2. The van der Waals surface area contributed by atoms with Gasteiger partial charge >= 0.3 is 0 Å². The van der Waals surface area contributed by atoms with Gasteiger partial charge in [0, 0.05) is 28.2 Å². The fourth-order valence-electron chi connectivity index (χ4n) is 4.53. The molecule has 2 unspecified atom stereocenters. The Labute approximate surface area is 175 Å². The highest BCUT2D eigenvalue weighted by molar-refractivity contribution is 6.35. The summed E-state index contributed by atoms with van der Waals surface area (Å²) in [6, 6.07) is 4.55. The second-order valence-corrected chi connectivity index (χ2v) is 8.58. The maximum atomic E-state index is 13.0. The van der Waals surface area contributed by atoms with Crippen molar-refractivity contribution in [1.29, 1.82) is 0 Å². The summed E-state index contributed by atoms with van der Waals surface area (Å²) in [5, 5.41) is 7.17. The van der Waals surface area contributed by atoms with Crippen molar-refractivity contribution in [3.05, 3.63) is 28.2 Å². The van der Waals surface area contributed by atoms with Gasteiger partial charge in [0.15, 0.2) is 0 Å². The summed E-state index contributed by atoms with van der Waals surface area (Å²) in [5.41, 5.74) is 0.750. The molecular weight excluding hydrogens is 409 g/mol. The Kier molecular flexibility index (Phi) is 6.26. The number of rotatable bonds is 3. The highest BCUT2D eigenvalue weighted by atomic mass is 35.5. The fourth-order valence-corrected chi connectivity index (χ4v) is 5.05. The molecule has 2 N–H and O–H groups in total. The molecule has 0 aromatic heterocycles. The number of benzene rings is 1. The average Bonchev–Trinajstić information content (AvgIpc) is 3.06. The first-order valence-electron chi connectivity index (χ1n) is 9.27. The molecule has 1 aromatic rings. The summed E-state index contributed by atoms with van der Waals surface area (Å²) >= 11 is 12.0. The van der Waals surface area contributed by atoms with Gasteiger partial charge in [-0.05, 0) is 68.8 Å². The van der Waals surface area contributed by atoms with Gasteiger partial charge < -0.3 is 15.5 Å².